The fraction of sp³-hybridized carbons (Fsp3) is 0.364. The Hall–Kier alpha value is -1.89. The molecule has 0 aliphatic heterocycles. The van der Waals surface area contributed by atoms with Crippen molar-refractivity contribution in [2.45, 2.75) is 13.5 Å². The minimum absolute atomic E-state index is 0.187. The SMILES string of the molecule is Cc1ccsc1CNc1nn(C)c(=O)n(C)c1=O. The molecule has 18 heavy (non-hydrogen) atoms. The van der Waals surface area contributed by atoms with Gasteiger partial charge in [0.1, 0.15) is 0 Å². The van der Waals surface area contributed by atoms with E-state index in [9.17, 15) is 9.59 Å². The normalized spacial score (nSPS) is 10.6. The van der Waals surface area contributed by atoms with Crippen LogP contribution in [0, 0.1) is 6.92 Å². The molecule has 0 bridgehead atoms. The van der Waals surface area contributed by atoms with Crippen molar-refractivity contribution in [3.8, 4) is 0 Å². The van der Waals surface area contributed by atoms with Crippen molar-refractivity contribution in [1.82, 2.24) is 14.3 Å². The Morgan fingerprint density at radius 1 is 1.39 bits per heavy atom. The third kappa shape index (κ3) is 2.21. The summed E-state index contributed by atoms with van der Waals surface area (Å²) in [5.74, 6) is 0.187. The highest BCUT2D eigenvalue weighted by Gasteiger charge is 2.08. The summed E-state index contributed by atoms with van der Waals surface area (Å²) in [4.78, 5) is 24.4. The number of hydrogen-bond acceptors (Lipinski definition) is 5. The van der Waals surface area contributed by atoms with Crippen LogP contribution in [-0.2, 0) is 20.6 Å². The van der Waals surface area contributed by atoms with Gasteiger partial charge in [0.2, 0.25) is 5.82 Å². The van der Waals surface area contributed by atoms with Gasteiger partial charge < -0.3 is 5.32 Å². The van der Waals surface area contributed by atoms with Crippen LogP contribution in [0.1, 0.15) is 10.4 Å². The highest BCUT2D eigenvalue weighted by Crippen LogP contribution is 2.15. The van der Waals surface area contributed by atoms with E-state index in [0.29, 0.717) is 6.54 Å². The average Bonchev–Trinajstić information content (AvgIpc) is 2.75. The van der Waals surface area contributed by atoms with E-state index in [-0.39, 0.29) is 5.82 Å². The number of rotatable bonds is 3. The maximum atomic E-state index is 11.8. The molecule has 2 rings (SSSR count). The topological polar surface area (TPSA) is 68.9 Å². The van der Waals surface area contributed by atoms with E-state index in [4.69, 9.17) is 0 Å². The third-order valence-corrected chi connectivity index (χ3v) is 3.73. The molecule has 0 fully saturated rings. The van der Waals surface area contributed by atoms with E-state index in [1.807, 2.05) is 18.4 Å². The second-order valence-corrected chi connectivity index (χ2v) is 5.00. The van der Waals surface area contributed by atoms with Crippen molar-refractivity contribution in [2.24, 2.45) is 14.1 Å². The molecule has 0 spiro atoms. The number of thiophene rings is 1. The molecule has 0 saturated heterocycles. The van der Waals surface area contributed by atoms with Gasteiger partial charge in [0, 0.05) is 19.0 Å². The minimum atomic E-state index is -0.433. The molecule has 0 radical (unpaired) electrons. The second kappa shape index (κ2) is 4.77. The van der Waals surface area contributed by atoms with Gasteiger partial charge in [-0.3, -0.25) is 9.36 Å². The Labute approximate surface area is 108 Å². The first kappa shape index (κ1) is 12.6. The van der Waals surface area contributed by atoms with Gasteiger partial charge in [0.05, 0.1) is 6.54 Å². The van der Waals surface area contributed by atoms with Gasteiger partial charge in [-0.1, -0.05) is 0 Å². The third-order valence-electron chi connectivity index (χ3n) is 2.71. The van der Waals surface area contributed by atoms with Crippen LogP contribution in [0.3, 0.4) is 0 Å². The monoisotopic (exact) mass is 266 g/mol. The highest BCUT2D eigenvalue weighted by atomic mass is 32.1. The van der Waals surface area contributed by atoms with Crippen LogP contribution in [0.15, 0.2) is 21.0 Å². The van der Waals surface area contributed by atoms with Crippen molar-refractivity contribution in [3.05, 3.63) is 42.7 Å². The number of aryl methyl sites for hydroxylation is 2. The molecule has 96 valence electrons. The van der Waals surface area contributed by atoms with Crippen LogP contribution >= 0.6 is 11.3 Å². The van der Waals surface area contributed by atoms with Gasteiger partial charge in [0.25, 0.3) is 5.56 Å². The van der Waals surface area contributed by atoms with Crippen molar-refractivity contribution in [2.75, 3.05) is 5.32 Å². The zero-order valence-electron chi connectivity index (χ0n) is 10.4. The van der Waals surface area contributed by atoms with Crippen LogP contribution in [-0.4, -0.2) is 14.3 Å². The maximum Gasteiger partial charge on any atom is 0.346 e. The van der Waals surface area contributed by atoms with Gasteiger partial charge in [-0.05, 0) is 23.9 Å². The Balaban J connectivity index is 2.28. The molecule has 0 aliphatic rings. The molecule has 1 N–H and O–H groups in total. The summed E-state index contributed by atoms with van der Waals surface area (Å²) in [5.41, 5.74) is 0.333. The zero-order chi connectivity index (χ0) is 13.3. The van der Waals surface area contributed by atoms with Gasteiger partial charge in [-0.25, -0.2) is 9.48 Å². The summed E-state index contributed by atoms with van der Waals surface area (Å²) in [6.07, 6.45) is 0. The molecule has 0 atom stereocenters. The molecule has 0 unspecified atom stereocenters. The van der Waals surface area contributed by atoms with Gasteiger partial charge in [-0.2, -0.15) is 0 Å². The summed E-state index contributed by atoms with van der Waals surface area (Å²) < 4.78 is 2.18. The standard InChI is InChI=1S/C11H14N4O2S/c1-7-4-5-18-8(7)6-12-9-10(16)14(2)11(17)15(3)13-9/h4-5H,6H2,1-3H3,(H,12,13). The first-order chi connectivity index (χ1) is 8.50. The van der Waals surface area contributed by atoms with E-state index >= 15 is 0 Å². The van der Waals surface area contributed by atoms with E-state index in [0.717, 1.165) is 14.1 Å². The first-order valence-corrected chi connectivity index (χ1v) is 6.30. The fourth-order valence-electron chi connectivity index (χ4n) is 1.56. The van der Waals surface area contributed by atoms with E-state index < -0.39 is 11.2 Å². The molecule has 2 aromatic heterocycles. The smallest absolute Gasteiger partial charge is 0.346 e. The highest BCUT2D eigenvalue weighted by molar-refractivity contribution is 7.10. The molecular weight excluding hydrogens is 252 g/mol. The summed E-state index contributed by atoms with van der Waals surface area (Å²) in [6.45, 7) is 2.55. The number of anilines is 1. The molecule has 6 nitrogen and oxygen atoms in total. The van der Waals surface area contributed by atoms with Crippen molar-refractivity contribution < 1.29 is 0 Å². The lowest BCUT2D eigenvalue weighted by Crippen LogP contribution is -2.39. The van der Waals surface area contributed by atoms with Gasteiger partial charge >= 0.3 is 5.69 Å². The summed E-state index contributed by atoms with van der Waals surface area (Å²) in [5, 5.41) is 8.90. The predicted octanol–water partition coefficient (Wildman–Crippen LogP) is 0.461. The number of aromatic nitrogens is 3. The summed E-state index contributed by atoms with van der Waals surface area (Å²) in [7, 11) is 2.96. The summed E-state index contributed by atoms with van der Waals surface area (Å²) in [6, 6.07) is 2.02. The Morgan fingerprint density at radius 2 is 2.11 bits per heavy atom. The number of hydrogen-bond donors (Lipinski definition) is 1. The van der Waals surface area contributed by atoms with Crippen LogP contribution in [0.2, 0.25) is 0 Å². The molecule has 0 amide bonds. The summed E-state index contributed by atoms with van der Waals surface area (Å²) >= 11 is 1.62. The predicted molar refractivity (Wildman–Crippen MR) is 71.1 cm³/mol. The van der Waals surface area contributed by atoms with Gasteiger partial charge in [0.15, 0.2) is 0 Å². The lowest BCUT2D eigenvalue weighted by molar-refractivity contribution is 0.604. The minimum Gasteiger partial charge on any atom is -0.359 e. The average molecular weight is 266 g/mol. The van der Waals surface area contributed by atoms with Gasteiger partial charge in [-0.15, -0.1) is 16.4 Å². The van der Waals surface area contributed by atoms with E-state index in [1.165, 1.54) is 19.7 Å². The fourth-order valence-corrected chi connectivity index (χ4v) is 2.40. The molecule has 0 aliphatic carbocycles. The number of nitrogens with zero attached hydrogens (tertiary/aromatic N) is 3. The van der Waals surface area contributed by atoms with Crippen LogP contribution < -0.4 is 16.6 Å². The van der Waals surface area contributed by atoms with E-state index in [2.05, 4.69) is 10.4 Å². The van der Waals surface area contributed by atoms with E-state index in [1.54, 1.807) is 11.3 Å². The molecule has 0 aromatic carbocycles. The Morgan fingerprint density at radius 3 is 2.72 bits per heavy atom. The van der Waals surface area contributed by atoms with Crippen LogP contribution in [0.4, 0.5) is 5.82 Å². The van der Waals surface area contributed by atoms with Crippen molar-refractivity contribution >= 4 is 17.2 Å². The van der Waals surface area contributed by atoms with Crippen LogP contribution in [0.5, 0.6) is 0 Å². The zero-order valence-corrected chi connectivity index (χ0v) is 11.2. The maximum absolute atomic E-state index is 11.8. The number of nitrogens with one attached hydrogen (secondary N) is 1. The molecule has 2 aromatic rings. The van der Waals surface area contributed by atoms with Crippen molar-refractivity contribution in [3.63, 3.8) is 0 Å². The quantitative estimate of drug-likeness (QED) is 0.876. The Bertz CT molecular complexity index is 683. The molecule has 7 heteroatoms. The largest absolute Gasteiger partial charge is 0.359 e. The van der Waals surface area contributed by atoms with Crippen LogP contribution in [0.25, 0.3) is 0 Å². The lowest BCUT2D eigenvalue weighted by atomic mass is 10.3. The van der Waals surface area contributed by atoms with Crippen molar-refractivity contribution in [1.29, 1.82) is 0 Å². The molecule has 0 saturated carbocycles. The first-order valence-electron chi connectivity index (χ1n) is 5.42. The molecule has 2 heterocycles. The Kier molecular flexibility index (Phi) is 3.33. The molecular formula is C11H14N4O2S. The lowest BCUT2D eigenvalue weighted by Gasteiger charge is -2.07. The second-order valence-electron chi connectivity index (χ2n) is 4.00.